The van der Waals surface area contributed by atoms with Gasteiger partial charge >= 0.3 is 0 Å². The van der Waals surface area contributed by atoms with Gasteiger partial charge in [0.2, 0.25) is 5.91 Å². The van der Waals surface area contributed by atoms with Crippen LogP contribution in [0.1, 0.15) is 48.9 Å². The Labute approximate surface area is 164 Å². The molecule has 0 unspecified atom stereocenters. The SMILES string of the molecule is NCC1(CC(=O)N2CCN(C(=O)c3c(F)cccc3Cl)CC2)CCCCC1. The lowest BCUT2D eigenvalue weighted by atomic mass is 9.71. The molecule has 2 amide bonds. The van der Waals surface area contributed by atoms with Crippen LogP contribution in [0.25, 0.3) is 0 Å². The number of carbonyl (C=O) groups excluding carboxylic acids is 2. The molecule has 2 N–H and O–H groups in total. The Kier molecular flexibility index (Phi) is 6.37. The van der Waals surface area contributed by atoms with Crippen molar-refractivity contribution < 1.29 is 14.0 Å². The van der Waals surface area contributed by atoms with E-state index in [9.17, 15) is 14.0 Å². The Hall–Kier alpha value is -1.66. The van der Waals surface area contributed by atoms with E-state index in [0.717, 1.165) is 25.7 Å². The van der Waals surface area contributed by atoms with E-state index in [1.165, 1.54) is 24.6 Å². The average Bonchev–Trinajstić information content (AvgIpc) is 2.68. The van der Waals surface area contributed by atoms with Crippen LogP contribution in [0.3, 0.4) is 0 Å². The molecule has 2 fully saturated rings. The van der Waals surface area contributed by atoms with Gasteiger partial charge in [-0.15, -0.1) is 0 Å². The highest BCUT2D eigenvalue weighted by Crippen LogP contribution is 2.38. The summed E-state index contributed by atoms with van der Waals surface area (Å²) in [4.78, 5) is 28.8. The summed E-state index contributed by atoms with van der Waals surface area (Å²) in [6.07, 6.45) is 6.00. The third kappa shape index (κ3) is 4.43. The molecule has 1 aromatic carbocycles. The summed E-state index contributed by atoms with van der Waals surface area (Å²) in [6.45, 7) is 2.22. The number of halogens is 2. The van der Waals surface area contributed by atoms with Crippen molar-refractivity contribution in [1.29, 1.82) is 0 Å². The van der Waals surface area contributed by atoms with Crippen LogP contribution in [0.2, 0.25) is 5.02 Å². The smallest absolute Gasteiger partial charge is 0.258 e. The molecule has 5 nitrogen and oxygen atoms in total. The van der Waals surface area contributed by atoms with Gasteiger partial charge in [0.15, 0.2) is 0 Å². The van der Waals surface area contributed by atoms with Gasteiger partial charge in [0.05, 0.1) is 10.6 Å². The van der Waals surface area contributed by atoms with Crippen molar-refractivity contribution in [3.8, 4) is 0 Å². The zero-order valence-corrected chi connectivity index (χ0v) is 16.3. The lowest BCUT2D eigenvalue weighted by Gasteiger charge is -2.39. The Morgan fingerprint density at radius 1 is 1.07 bits per heavy atom. The number of rotatable bonds is 4. The molecule has 27 heavy (non-hydrogen) atoms. The molecule has 1 heterocycles. The lowest BCUT2D eigenvalue weighted by Crippen LogP contribution is -2.52. The quantitative estimate of drug-likeness (QED) is 0.851. The van der Waals surface area contributed by atoms with Crippen LogP contribution in [-0.2, 0) is 4.79 Å². The first-order valence-electron chi connectivity index (χ1n) is 9.67. The first-order chi connectivity index (χ1) is 13.0. The van der Waals surface area contributed by atoms with Gasteiger partial charge in [0, 0.05) is 32.6 Å². The second kappa shape index (κ2) is 8.57. The molecule has 2 aliphatic rings. The van der Waals surface area contributed by atoms with Crippen molar-refractivity contribution >= 4 is 23.4 Å². The second-order valence-electron chi connectivity index (χ2n) is 7.71. The molecule has 0 atom stereocenters. The minimum atomic E-state index is -0.617. The van der Waals surface area contributed by atoms with Gasteiger partial charge < -0.3 is 15.5 Å². The van der Waals surface area contributed by atoms with Crippen LogP contribution in [0.4, 0.5) is 4.39 Å². The molecule has 1 aromatic rings. The third-order valence-electron chi connectivity index (χ3n) is 5.97. The van der Waals surface area contributed by atoms with E-state index < -0.39 is 11.7 Å². The number of piperazine rings is 1. The van der Waals surface area contributed by atoms with Crippen LogP contribution < -0.4 is 5.73 Å². The van der Waals surface area contributed by atoms with Gasteiger partial charge in [-0.2, -0.15) is 0 Å². The summed E-state index contributed by atoms with van der Waals surface area (Å²) >= 11 is 6.00. The Balaban J connectivity index is 1.58. The number of hydrogen-bond donors (Lipinski definition) is 1. The maximum Gasteiger partial charge on any atom is 0.258 e. The van der Waals surface area contributed by atoms with Crippen LogP contribution in [0.5, 0.6) is 0 Å². The minimum absolute atomic E-state index is 0.0665. The Morgan fingerprint density at radius 3 is 2.30 bits per heavy atom. The van der Waals surface area contributed by atoms with Gasteiger partial charge in [-0.05, 0) is 36.9 Å². The number of amides is 2. The van der Waals surface area contributed by atoms with E-state index >= 15 is 0 Å². The molecule has 0 spiro atoms. The van der Waals surface area contributed by atoms with Gasteiger partial charge in [0.25, 0.3) is 5.91 Å². The maximum atomic E-state index is 14.0. The zero-order chi connectivity index (χ0) is 19.4. The summed E-state index contributed by atoms with van der Waals surface area (Å²) < 4.78 is 14.0. The Bertz CT molecular complexity index is 678. The average molecular weight is 396 g/mol. The molecule has 7 heteroatoms. The maximum absolute atomic E-state index is 14.0. The van der Waals surface area contributed by atoms with Gasteiger partial charge in [0.1, 0.15) is 5.82 Å². The molecule has 0 aromatic heterocycles. The fourth-order valence-corrected chi connectivity index (χ4v) is 4.45. The van der Waals surface area contributed by atoms with Gasteiger partial charge in [-0.25, -0.2) is 4.39 Å². The van der Waals surface area contributed by atoms with Gasteiger partial charge in [-0.1, -0.05) is 36.9 Å². The predicted molar refractivity (Wildman–Crippen MR) is 103 cm³/mol. The summed E-state index contributed by atoms with van der Waals surface area (Å²) in [7, 11) is 0. The number of carbonyl (C=O) groups is 2. The molecule has 148 valence electrons. The molecule has 1 saturated heterocycles. The molecule has 1 aliphatic heterocycles. The molecule has 0 bridgehead atoms. The highest BCUT2D eigenvalue weighted by molar-refractivity contribution is 6.33. The van der Waals surface area contributed by atoms with Crippen molar-refractivity contribution in [1.82, 2.24) is 9.80 Å². The predicted octanol–water partition coefficient (Wildman–Crippen LogP) is 3.06. The number of benzene rings is 1. The van der Waals surface area contributed by atoms with Crippen molar-refractivity contribution in [2.75, 3.05) is 32.7 Å². The van der Waals surface area contributed by atoms with E-state index in [2.05, 4.69) is 0 Å². The topological polar surface area (TPSA) is 66.6 Å². The van der Waals surface area contributed by atoms with Crippen LogP contribution >= 0.6 is 11.6 Å². The summed E-state index contributed by atoms with van der Waals surface area (Å²) in [5.74, 6) is -0.928. The fraction of sp³-hybridized carbons (Fsp3) is 0.600. The van der Waals surface area contributed by atoms with Crippen LogP contribution in [0.15, 0.2) is 18.2 Å². The van der Waals surface area contributed by atoms with E-state index in [0.29, 0.717) is 39.1 Å². The molecule has 1 saturated carbocycles. The number of nitrogens with zero attached hydrogens (tertiary/aromatic N) is 2. The molecule has 3 rings (SSSR count). The van der Waals surface area contributed by atoms with Gasteiger partial charge in [-0.3, -0.25) is 9.59 Å². The third-order valence-corrected chi connectivity index (χ3v) is 6.28. The minimum Gasteiger partial charge on any atom is -0.339 e. The highest BCUT2D eigenvalue weighted by Gasteiger charge is 2.35. The van der Waals surface area contributed by atoms with Crippen molar-refractivity contribution in [3.05, 3.63) is 34.6 Å². The van der Waals surface area contributed by atoms with Crippen LogP contribution in [0, 0.1) is 11.2 Å². The van der Waals surface area contributed by atoms with Crippen LogP contribution in [-0.4, -0.2) is 54.3 Å². The largest absolute Gasteiger partial charge is 0.339 e. The first kappa shape index (κ1) is 20.1. The summed E-state index contributed by atoms with van der Waals surface area (Å²) in [5.41, 5.74) is 5.84. The fourth-order valence-electron chi connectivity index (χ4n) is 4.21. The van der Waals surface area contributed by atoms with Crippen molar-refractivity contribution in [2.45, 2.75) is 38.5 Å². The molecular formula is C20H27ClFN3O2. The molecule has 0 radical (unpaired) electrons. The van der Waals surface area contributed by atoms with Crippen molar-refractivity contribution in [2.24, 2.45) is 11.1 Å². The summed E-state index contributed by atoms with van der Waals surface area (Å²) in [6, 6.07) is 4.22. The second-order valence-corrected chi connectivity index (χ2v) is 8.12. The first-order valence-corrected chi connectivity index (χ1v) is 10.0. The lowest BCUT2D eigenvalue weighted by molar-refractivity contribution is -0.135. The normalized spacial score (nSPS) is 19.8. The monoisotopic (exact) mass is 395 g/mol. The van der Waals surface area contributed by atoms with E-state index in [1.807, 2.05) is 0 Å². The standard InChI is InChI=1S/C20H27ClFN3O2/c21-15-5-4-6-16(22)18(15)19(27)25-11-9-24(10-12-25)17(26)13-20(14-23)7-2-1-3-8-20/h4-6H,1-3,7-14,23H2. The highest BCUT2D eigenvalue weighted by atomic mass is 35.5. The van der Waals surface area contributed by atoms with E-state index in [1.54, 1.807) is 9.80 Å². The van der Waals surface area contributed by atoms with E-state index in [-0.39, 0.29) is 21.9 Å². The summed E-state index contributed by atoms with van der Waals surface area (Å²) in [5, 5.41) is 0.112. The number of nitrogens with two attached hydrogens (primary N) is 1. The molecule has 1 aliphatic carbocycles. The number of hydrogen-bond acceptors (Lipinski definition) is 3. The van der Waals surface area contributed by atoms with E-state index in [4.69, 9.17) is 17.3 Å². The zero-order valence-electron chi connectivity index (χ0n) is 15.6. The molecular weight excluding hydrogens is 369 g/mol. The van der Waals surface area contributed by atoms with Crippen molar-refractivity contribution in [3.63, 3.8) is 0 Å². The Morgan fingerprint density at radius 2 is 1.70 bits per heavy atom.